The monoisotopic (exact) mass is 280 g/mol. The van der Waals surface area contributed by atoms with Crippen molar-refractivity contribution in [2.45, 2.75) is 0 Å². The van der Waals surface area contributed by atoms with Crippen molar-refractivity contribution in [3.05, 3.63) is 59.9 Å². The van der Waals surface area contributed by atoms with Crippen LogP contribution in [0.2, 0.25) is 0 Å². The average molecular weight is 280 g/mol. The molecule has 0 aliphatic rings. The highest BCUT2D eigenvalue weighted by atomic mass is 16.2. The van der Waals surface area contributed by atoms with Crippen molar-refractivity contribution in [1.29, 1.82) is 5.26 Å². The van der Waals surface area contributed by atoms with Crippen molar-refractivity contribution in [3.63, 3.8) is 0 Å². The molecule has 2 aromatic rings. The van der Waals surface area contributed by atoms with Crippen LogP contribution < -0.4 is 10.6 Å². The molecule has 21 heavy (non-hydrogen) atoms. The van der Waals surface area contributed by atoms with Crippen LogP contribution in [0.4, 0.5) is 5.69 Å². The number of benzene rings is 1. The number of carbonyl (C=O) groups excluding carboxylic acids is 2. The largest absolute Gasteiger partial charge is 0.343 e. The summed E-state index contributed by atoms with van der Waals surface area (Å²) in [5.41, 5.74) is 1.35. The number of hydrogen-bond donors (Lipinski definition) is 2. The predicted molar refractivity (Wildman–Crippen MR) is 76.4 cm³/mol. The quantitative estimate of drug-likeness (QED) is 0.883. The smallest absolute Gasteiger partial charge is 0.253 e. The van der Waals surface area contributed by atoms with E-state index in [1.54, 1.807) is 42.6 Å². The number of rotatable bonds is 4. The summed E-state index contributed by atoms with van der Waals surface area (Å²) in [6, 6.07) is 11.8. The SMILES string of the molecule is N#Cc1cccc(NC(=O)CNC(=O)c2cccnc2)c1. The number of nitriles is 1. The topological polar surface area (TPSA) is 94.9 Å². The van der Waals surface area contributed by atoms with Crippen LogP contribution in [0, 0.1) is 11.3 Å². The van der Waals surface area contributed by atoms with Crippen molar-refractivity contribution in [2.24, 2.45) is 0 Å². The number of anilines is 1. The molecule has 0 fully saturated rings. The normalized spacial score (nSPS) is 9.48. The summed E-state index contributed by atoms with van der Waals surface area (Å²) in [5.74, 6) is -0.744. The minimum atomic E-state index is -0.373. The van der Waals surface area contributed by atoms with E-state index in [0.717, 1.165) is 0 Å². The van der Waals surface area contributed by atoms with Crippen molar-refractivity contribution in [3.8, 4) is 6.07 Å². The van der Waals surface area contributed by atoms with Gasteiger partial charge in [-0.2, -0.15) is 5.26 Å². The number of nitrogens with zero attached hydrogens (tertiary/aromatic N) is 2. The molecule has 0 saturated heterocycles. The van der Waals surface area contributed by atoms with E-state index in [-0.39, 0.29) is 18.4 Å². The van der Waals surface area contributed by atoms with Gasteiger partial charge in [0.15, 0.2) is 0 Å². The third kappa shape index (κ3) is 4.14. The maximum absolute atomic E-state index is 11.7. The Kier molecular flexibility index (Phi) is 4.62. The zero-order chi connectivity index (χ0) is 15.1. The first-order valence-corrected chi connectivity index (χ1v) is 6.17. The molecule has 1 aromatic heterocycles. The molecule has 104 valence electrons. The minimum Gasteiger partial charge on any atom is -0.343 e. The van der Waals surface area contributed by atoms with E-state index in [1.165, 1.54) is 6.20 Å². The molecule has 0 radical (unpaired) electrons. The lowest BCUT2D eigenvalue weighted by Crippen LogP contribution is -2.32. The lowest BCUT2D eigenvalue weighted by Gasteiger charge is -2.07. The van der Waals surface area contributed by atoms with E-state index in [0.29, 0.717) is 16.8 Å². The van der Waals surface area contributed by atoms with Crippen LogP contribution in [-0.4, -0.2) is 23.3 Å². The fourth-order valence-corrected chi connectivity index (χ4v) is 1.63. The third-order valence-corrected chi connectivity index (χ3v) is 2.61. The zero-order valence-electron chi connectivity index (χ0n) is 11.0. The summed E-state index contributed by atoms with van der Waals surface area (Å²) in [6.45, 7) is -0.162. The molecule has 2 amide bonds. The summed E-state index contributed by atoms with van der Waals surface area (Å²) < 4.78 is 0. The van der Waals surface area contributed by atoms with Gasteiger partial charge in [0.1, 0.15) is 0 Å². The zero-order valence-corrected chi connectivity index (χ0v) is 11.0. The fourth-order valence-electron chi connectivity index (χ4n) is 1.63. The second-order valence-corrected chi connectivity index (χ2v) is 4.17. The maximum Gasteiger partial charge on any atom is 0.253 e. The third-order valence-electron chi connectivity index (χ3n) is 2.61. The molecule has 1 heterocycles. The van der Waals surface area contributed by atoms with Gasteiger partial charge in [0.2, 0.25) is 5.91 Å². The minimum absolute atomic E-state index is 0.162. The molecule has 2 rings (SSSR count). The standard InChI is InChI=1S/C15H12N4O2/c16-8-11-3-1-5-13(7-11)19-14(20)10-18-15(21)12-4-2-6-17-9-12/h1-7,9H,10H2,(H,18,21)(H,19,20). The number of nitrogens with one attached hydrogen (secondary N) is 2. The molecular formula is C15H12N4O2. The number of hydrogen-bond acceptors (Lipinski definition) is 4. The van der Waals surface area contributed by atoms with Gasteiger partial charge in [-0.3, -0.25) is 14.6 Å². The molecule has 1 aromatic carbocycles. The molecular weight excluding hydrogens is 268 g/mol. The number of carbonyl (C=O) groups is 2. The Morgan fingerprint density at radius 2 is 2.10 bits per heavy atom. The van der Waals surface area contributed by atoms with Crippen LogP contribution in [0.1, 0.15) is 15.9 Å². The molecule has 0 unspecified atom stereocenters. The van der Waals surface area contributed by atoms with E-state index in [2.05, 4.69) is 15.6 Å². The van der Waals surface area contributed by atoms with Gasteiger partial charge in [-0.05, 0) is 30.3 Å². The number of aromatic nitrogens is 1. The van der Waals surface area contributed by atoms with Gasteiger partial charge in [0.05, 0.1) is 23.7 Å². The second kappa shape index (κ2) is 6.82. The molecule has 6 heteroatoms. The first-order chi connectivity index (χ1) is 10.2. The number of amides is 2. The van der Waals surface area contributed by atoms with E-state index in [9.17, 15) is 9.59 Å². The van der Waals surface area contributed by atoms with Crippen LogP contribution in [-0.2, 0) is 4.79 Å². The Morgan fingerprint density at radius 3 is 2.81 bits per heavy atom. The van der Waals surface area contributed by atoms with Crippen LogP contribution in [0.5, 0.6) is 0 Å². The van der Waals surface area contributed by atoms with Gasteiger partial charge in [-0.15, -0.1) is 0 Å². The van der Waals surface area contributed by atoms with E-state index in [1.807, 2.05) is 6.07 Å². The predicted octanol–water partition coefficient (Wildman–Crippen LogP) is 1.32. The van der Waals surface area contributed by atoms with E-state index in [4.69, 9.17) is 5.26 Å². The Morgan fingerprint density at radius 1 is 1.24 bits per heavy atom. The summed E-state index contributed by atoms with van der Waals surface area (Å²) in [5, 5.41) is 13.9. The molecule has 0 aliphatic carbocycles. The Bertz CT molecular complexity index is 692. The number of pyridine rings is 1. The molecule has 0 spiro atoms. The van der Waals surface area contributed by atoms with Crippen LogP contribution in [0.3, 0.4) is 0 Å². The molecule has 6 nitrogen and oxygen atoms in total. The highest BCUT2D eigenvalue weighted by Crippen LogP contribution is 2.09. The first-order valence-electron chi connectivity index (χ1n) is 6.17. The first kappa shape index (κ1) is 14.2. The summed E-state index contributed by atoms with van der Waals surface area (Å²) in [6.07, 6.45) is 2.98. The lowest BCUT2D eigenvalue weighted by atomic mass is 10.2. The lowest BCUT2D eigenvalue weighted by molar-refractivity contribution is -0.115. The van der Waals surface area contributed by atoms with Crippen molar-refractivity contribution in [2.75, 3.05) is 11.9 Å². The van der Waals surface area contributed by atoms with Gasteiger partial charge in [-0.25, -0.2) is 0 Å². The molecule has 0 bridgehead atoms. The molecule has 2 N–H and O–H groups in total. The van der Waals surface area contributed by atoms with Gasteiger partial charge in [0.25, 0.3) is 5.91 Å². The van der Waals surface area contributed by atoms with Crippen molar-refractivity contribution >= 4 is 17.5 Å². The van der Waals surface area contributed by atoms with Gasteiger partial charge in [-0.1, -0.05) is 6.07 Å². The molecule has 0 atom stereocenters. The van der Waals surface area contributed by atoms with E-state index < -0.39 is 0 Å². The van der Waals surface area contributed by atoms with Gasteiger partial charge < -0.3 is 10.6 Å². The fraction of sp³-hybridized carbons (Fsp3) is 0.0667. The maximum atomic E-state index is 11.7. The molecule has 0 saturated carbocycles. The second-order valence-electron chi connectivity index (χ2n) is 4.17. The Labute approximate surface area is 121 Å². The summed E-state index contributed by atoms with van der Waals surface area (Å²) >= 11 is 0. The highest BCUT2D eigenvalue weighted by Gasteiger charge is 2.08. The van der Waals surface area contributed by atoms with Crippen molar-refractivity contribution in [1.82, 2.24) is 10.3 Å². The van der Waals surface area contributed by atoms with Gasteiger partial charge in [0, 0.05) is 18.1 Å². The highest BCUT2D eigenvalue weighted by molar-refractivity contribution is 5.99. The summed E-state index contributed by atoms with van der Waals surface area (Å²) in [4.78, 5) is 27.3. The van der Waals surface area contributed by atoms with E-state index >= 15 is 0 Å². The Hall–Kier alpha value is -3.20. The van der Waals surface area contributed by atoms with Crippen LogP contribution in [0.25, 0.3) is 0 Å². The average Bonchev–Trinajstić information content (AvgIpc) is 2.53. The summed E-state index contributed by atoms with van der Waals surface area (Å²) in [7, 11) is 0. The van der Waals surface area contributed by atoms with Gasteiger partial charge >= 0.3 is 0 Å². The van der Waals surface area contributed by atoms with Crippen LogP contribution >= 0.6 is 0 Å². The molecule has 0 aliphatic heterocycles. The van der Waals surface area contributed by atoms with Crippen molar-refractivity contribution < 1.29 is 9.59 Å². The van der Waals surface area contributed by atoms with Crippen LogP contribution in [0.15, 0.2) is 48.8 Å². The Balaban J connectivity index is 1.88.